The molecule has 0 aliphatic heterocycles. The summed E-state index contributed by atoms with van der Waals surface area (Å²) < 4.78 is 2.37. The van der Waals surface area contributed by atoms with E-state index in [1.54, 1.807) is 0 Å². The van der Waals surface area contributed by atoms with E-state index in [1.807, 2.05) is 0 Å². The van der Waals surface area contributed by atoms with Crippen molar-refractivity contribution < 1.29 is 0 Å². The van der Waals surface area contributed by atoms with Crippen LogP contribution in [-0.2, 0) is 0 Å². The molecule has 1 fully saturated rings. The molecule has 0 saturated heterocycles. The smallest absolute Gasteiger partial charge is 0.00787 e. The number of nitrogens with zero attached hydrogens (tertiary/aromatic N) is 1. The van der Waals surface area contributed by atoms with Crippen LogP contribution < -0.4 is 0 Å². The van der Waals surface area contributed by atoms with E-state index >= 15 is 0 Å². The molecule has 0 spiro atoms. The zero-order valence-corrected chi connectivity index (χ0v) is 6.78. The highest BCUT2D eigenvalue weighted by atomic mass is 31.1. The van der Waals surface area contributed by atoms with Gasteiger partial charge in [0.1, 0.15) is 0 Å². The first-order chi connectivity index (χ1) is 3.72. The molecule has 48 valence electrons. The van der Waals surface area contributed by atoms with Gasteiger partial charge < -0.3 is 0 Å². The summed E-state index contributed by atoms with van der Waals surface area (Å²) in [5, 5.41) is 0. The third-order valence-corrected chi connectivity index (χ3v) is 4.54. The van der Waals surface area contributed by atoms with Crippen molar-refractivity contribution in [3.63, 3.8) is 0 Å². The zero-order chi connectivity index (χ0) is 6.15. The predicted molar refractivity (Wildman–Crippen MR) is 39.6 cm³/mol. The van der Waals surface area contributed by atoms with Crippen molar-refractivity contribution in [3.8, 4) is 0 Å². The van der Waals surface area contributed by atoms with Crippen LogP contribution in [0, 0.1) is 0 Å². The molecule has 0 aromatic carbocycles. The molecule has 0 aromatic rings. The lowest BCUT2D eigenvalue weighted by molar-refractivity contribution is 0.677. The summed E-state index contributed by atoms with van der Waals surface area (Å²) in [7, 11) is 4.61. The Morgan fingerprint density at radius 3 is 2.00 bits per heavy atom. The molecule has 0 amide bonds. The third-order valence-electron chi connectivity index (χ3n) is 1.71. The van der Waals surface area contributed by atoms with Gasteiger partial charge in [-0.05, 0) is 47.3 Å². The van der Waals surface area contributed by atoms with Gasteiger partial charge in [0.05, 0.1) is 0 Å². The van der Waals surface area contributed by atoms with Crippen molar-refractivity contribution in [3.05, 3.63) is 0 Å². The van der Waals surface area contributed by atoms with E-state index in [0.29, 0.717) is 0 Å². The van der Waals surface area contributed by atoms with Crippen LogP contribution in [0.5, 0.6) is 0 Å². The number of hydrogen-bond donors (Lipinski definition) is 0. The predicted octanol–water partition coefficient (Wildman–Crippen LogP) is 1.74. The van der Waals surface area contributed by atoms with Gasteiger partial charge in [0.2, 0.25) is 0 Å². The quantitative estimate of drug-likeness (QED) is 0.516. The van der Waals surface area contributed by atoms with Crippen LogP contribution >= 0.6 is 8.07 Å². The highest BCUT2D eigenvalue weighted by molar-refractivity contribution is 7.55. The van der Waals surface area contributed by atoms with Crippen LogP contribution in [0.3, 0.4) is 0 Å². The molecule has 2 heteroatoms. The van der Waals surface area contributed by atoms with Crippen molar-refractivity contribution in [2.45, 2.75) is 18.5 Å². The number of hydrogen-bond acceptors (Lipinski definition) is 1. The third kappa shape index (κ3) is 1.43. The Hall–Kier alpha value is 0.390. The van der Waals surface area contributed by atoms with Crippen LogP contribution in [0.4, 0.5) is 0 Å². The van der Waals surface area contributed by atoms with Gasteiger partial charge >= 0.3 is 0 Å². The van der Waals surface area contributed by atoms with Gasteiger partial charge in [0.15, 0.2) is 0 Å². The van der Waals surface area contributed by atoms with E-state index in [2.05, 4.69) is 25.4 Å². The molecule has 0 aromatic heterocycles. The molecule has 0 bridgehead atoms. The monoisotopic (exact) mass is 131 g/mol. The minimum Gasteiger partial charge on any atom is -0.288 e. The summed E-state index contributed by atoms with van der Waals surface area (Å²) in [6.07, 6.45) is 2.97. The molecule has 1 unspecified atom stereocenters. The minimum absolute atomic E-state index is 0.246. The van der Waals surface area contributed by atoms with Gasteiger partial charge in [-0.25, -0.2) is 0 Å². The lowest BCUT2D eigenvalue weighted by Crippen LogP contribution is -2.05. The molecular formula is C6H14NP. The average Bonchev–Trinajstić information content (AvgIpc) is 2.43. The van der Waals surface area contributed by atoms with Crippen molar-refractivity contribution >= 4 is 8.07 Å². The second-order valence-corrected chi connectivity index (χ2v) is 5.33. The summed E-state index contributed by atoms with van der Waals surface area (Å²) in [6, 6.07) is 0. The molecular weight excluding hydrogens is 117 g/mol. The van der Waals surface area contributed by atoms with E-state index in [-0.39, 0.29) is 8.07 Å². The molecule has 0 heterocycles. The maximum Gasteiger partial charge on any atom is -0.00787 e. The molecule has 1 nitrogen and oxygen atoms in total. The maximum atomic E-state index is 2.37. The van der Waals surface area contributed by atoms with Crippen LogP contribution in [0.1, 0.15) is 12.8 Å². The molecule has 1 rings (SSSR count). The molecule has 1 saturated carbocycles. The van der Waals surface area contributed by atoms with Gasteiger partial charge in [0, 0.05) is 0 Å². The van der Waals surface area contributed by atoms with Crippen LogP contribution in [0.15, 0.2) is 0 Å². The van der Waals surface area contributed by atoms with Crippen molar-refractivity contribution in [2.75, 3.05) is 20.8 Å². The van der Waals surface area contributed by atoms with Crippen LogP contribution in [-0.4, -0.2) is 31.1 Å². The fourth-order valence-electron chi connectivity index (χ4n) is 0.775. The minimum atomic E-state index is 0.246. The Morgan fingerprint density at radius 2 is 1.88 bits per heavy atom. The van der Waals surface area contributed by atoms with Gasteiger partial charge in [-0.3, -0.25) is 4.67 Å². The lowest BCUT2D eigenvalue weighted by Gasteiger charge is -2.18. The first-order valence-corrected chi connectivity index (χ1v) is 4.93. The maximum absolute atomic E-state index is 2.37. The molecule has 1 aliphatic carbocycles. The topological polar surface area (TPSA) is 3.24 Å². The molecule has 1 atom stereocenters. The lowest BCUT2D eigenvalue weighted by atomic mass is 11.0. The first-order valence-electron chi connectivity index (χ1n) is 3.12. The zero-order valence-electron chi connectivity index (χ0n) is 5.89. The van der Waals surface area contributed by atoms with Crippen molar-refractivity contribution in [2.24, 2.45) is 0 Å². The van der Waals surface area contributed by atoms with E-state index in [4.69, 9.17) is 0 Å². The summed E-state index contributed by atoms with van der Waals surface area (Å²) in [4.78, 5) is 0. The Kier molecular flexibility index (Phi) is 1.89. The summed E-state index contributed by atoms with van der Waals surface area (Å²) in [5.74, 6) is 0. The summed E-state index contributed by atoms with van der Waals surface area (Å²) in [5.41, 5.74) is 1.08. The Labute approximate surface area is 52.9 Å². The molecule has 0 radical (unpaired) electrons. The van der Waals surface area contributed by atoms with Crippen LogP contribution in [0.2, 0.25) is 0 Å². The Bertz CT molecular complexity index is 76.6. The van der Waals surface area contributed by atoms with E-state index in [1.165, 1.54) is 12.8 Å². The molecule has 8 heavy (non-hydrogen) atoms. The highest BCUT2D eigenvalue weighted by Gasteiger charge is 2.28. The van der Waals surface area contributed by atoms with E-state index in [0.717, 1.165) is 5.66 Å². The van der Waals surface area contributed by atoms with Gasteiger partial charge in [0.25, 0.3) is 0 Å². The Balaban J connectivity index is 2.22. The second kappa shape index (κ2) is 2.33. The SMILES string of the molecule is CN(C)P(C)C1CC1. The fourth-order valence-corrected chi connectivity index (χ4v) is 2.32. The first kappa shape index (κ1) is 6.51. The summed E-state index contributed by atoms with van der Waals surface area (Å²) in [6.45, 7) is 2.37. The van der Waals surface area contributed by atoms with Crippen molar-refractivity contribution in [1.29, 1.82) is 0 Å². The summed E-state index contributed by atoms with van der Waals surface area (Å²) >= 11 is 0. The van der Waals surface area contributed by atoms with Gasteiger partial charge in [-0.15, -0.1) is 0 Å². The number of rotatable bonds is 2. The standard InChI is InChI=1S/C6H14NP/c1-7(2)8(3)6-4-5-6/h6H,4-5H2,1-3H3. The largest absolute Gasteiger partial charge is 0.288 e. The van der Waals surface area contributed by atoms with Gasteiger partial charge in [-0.1, -0.05) is 0 Å². The highest BCUT2D eigenvalue weighted by Crippen LogP contribution is 2.51. The Morgan fingerprint density at radius 1 is 1.38 bits per heavy atom. The van der Waals surface area contributed by atoms with Gasteiger partial charge in [-0.2, -0.15) is 0 Å². The molecule has 0 N–H and O–H groups in total. The normalized spacial score (nSPS) is 24.0. The van der Waals surface area contributed by atoms with E-state index in [9.17, 15) is 0 Å². The second-order valence-electron chi connectivity index (χ2n) is 2.65. The van der Waals surface area contributed by atoms with Crippen LogP contribution in [0.25, 0.3) is 0 Å². The van der Waals surface area contributed by atoms with Crippen molar-refractivity contribution in [1.82, 2.24) is 4.67 Å². The molecule has 1 aliphatic rings. The fraction of sp³-hybridized carbons (Fsp3) is 1.00. The van der Waals surface area contributed by atoms with E-state index < -0.39 is 0 Å². The average molecular weight is 131 g/mol.